The van der Waals surface area contributed by atoms with E-state index in [1.807, 2.05) is 31.2 Å². The quantitative estimate of drug-likeness (QED) is 0.331. The van der Waals surface area contributed by atoms with Crippen LogP contribution in [0.4, 0.5) is 5.69 Å². The molecular weight excluding hydrogens is 578 g/mol. The highest BCUT2D eigenvalue weighted by Crippen LogP contribution is 2.27. The molecule has 0 saturated heterocycles. The zero-order valence-electron chi connectivity index (χ0n) is 22.2. The van der Waals surface area contributed by atoms with Crippen molar-refractivity contribution in [3.8, 4) is 0 Å². The first-order valence-corrected chi connectivity index (χ1v) is 15.4. The number of benzene rings is 3. The van der Waals surface area contributed by atoms with Gasteiger partial charge in [-0.25, -0.2) is 8.42 Å². The number of amides is 2. The summed E-state index contributed by atoms with van der Waals surface area (Å²) in [6.45, 7) is 3.38. The van der Waals surface area contributed by atoms with Gasteiger partial charge in [-0.2, -0.15) is 0 Å². The van der Waals surface area contributed by atoms with Gasteiger partial charge in [0.1, 0.15) is 12.6 Å². The van der Waals surface area contributed by atoms with E-state index in [2.05, 4.69) is 21.2 Å². The Balaban J connectivity index is 1.69. The van der Waals surface area contributed by atoms with Gasteiger partial charge in [-0.05, 0) is 68.1 Å². The molecule has 206 valence electrons. The number of halogens is 1. The third-order valence-electron chi connectivity index (χ3n) is 7.18. The molecule has 1 N–H and O–H groups in total. The number of carbonyl (C=O) groups excluding carboxylic acids is 2. The maximum Gasteiger partial charge on any atom is 0.264 e. The second-order valence-electron chi connectivity index (χ2n) is 9.92. The van der Waals surface area contributed by atoms with E-state index >= 15 is 0 Å². The second-order valence-corrected chi connectivity index (χ2v) is 12.7. The fourth-order valence-corrected chi connectivity index (χ4v) is 6.64. The number of rotatable bonds is 10. The molecule has 3 aromatic rings. The SMILES string of the molecule is Cc1ccccc1CN(C(=O)CN(c1cccc(Br)c1)S(=O)(=O)c1ccccc1)[C@H](C)C(=O)NC1CCCC1. The molecule has 2 amide bonds. The Morgan fingerprint density at radius 3 is 2.31 bits per heavy atom. The van der Waals surface area contributed by atoms with Gasteiger partial charge < -0.3 is 10.2 Å². The van der Waals surface area contributed by atoms with Crippen molar-refractivity contribution in [3.63, 3.8) is 0 Å². The lowest BCUT2D eigenvalue weighted by atomic mass is 10.1. The smallest absolute Gasteiger partial charge is 0.264 e. The first-order valence-electron chi connectivity index (χ1n) is 13.1. The highest BCUT2D eigenvalue weighted by atomic mass is 79.9. The molecule has 1 aliphatic carbocycles. The fraction of sp³-hybridized carbons (Fsp3) is 0.333. The van der Waals surface area contributed by atoms with Crippen molar-refractivity contribution < 1.29 is 18.0 Å². The minimum Gasteiger partial charge on any atom is -0.352 e. The molecule has 1 aliphatic rings. The largest absolute Gasteiger partial charge is 0.352 e. The first kappa shape index (κ1) is 28.8. The van der Waals surface area contributed by atoms with Crippen LogP contribution in [0.25, 0.3) is 0 Å². The molecule has 0 heterocycles. The minimum atomic E-state index is -4.08. The Hall–Kier alpha value is -3.17. The van der Waals surface area contributed by atoms with Crippen LogP contribution in [0.2, 0.25) is 0 Å². The molecule has 0 spiro atoms. The molecule has 1 saturated carbocycles. The maximum absolute atomic E-state index is 14.0. The monoisotopic (exact) mass is 611 g/mol. The van der Waals surface area contributed by atoms with Crippen LogP contribution in [0, 0.1) is 6.92 Å². The number of nitrogens with zero attached hydrogens (tertiary/aromatic N) is 2. The standard InChI is InChI=1S/C30H34BrN3O4S/c1-22-11-6-7-12-24(22)20-33(23(2)30(36)32-26-14-8-9-15-26)29(35)21-34(27-16-10-13-25(31)19-27)39(37,38)28-17-4-3-5-18-28/h3-7,10-13,16-19,23,26H,8-9,14-15,20-21H2,1-2H3,(H,32,36)/t23-/m1/s1. The summed E-state index contributed by atoms with van der Waals surface area (Å²) in [6.07, 6.45) is 4.00. The molecule has 4 rings (SSSR count). The average Bonchev–Trinajstić information content (AvgIpc) is 3.44. The van der Waals surface area contributed by atoms with Crippen molar-refractivity contribution >= 4 is 43.5 Å². The van der Waals surface area contributed by atoms with Crippen molar-refractivity contribution in [2.45, 2.75) is 63.1 Å². The topological polar surface area (TPSA) is 86.8 Å². The van der Waals surface area contributed by atoms with Gasteiger partial charge in [0.25, 0.3) is 10.0 Å². The number of carbonyl (C=O) groups is 2. The number of anilines is 1. The Morgan fingerprint density at radius 1 is 0.974 bits per heavy atom. The molecule has 0 aliphatic heterocycles. The molecule has 1 atom stereocenters. The van der Waals surface area contributed by atoms with Gasteiger partial charge in [0, 0.05) is 17.1 Å². The van der Waals surface area contributed by atoms with Crippen LogP contribution in [0.3, 0.4) is 0 Å². The number of hydrogen-bond donors (Lipinski definition) is 1. The molecular formula is C30H34BrN3O4S. The van der Waals surface area contributed by atoms with Crippen molar-refractivity contribution in [2.24, 2.45) is 0 Å². The molecule has 7 nitrogen and oxygen atoms in total. The van der Waals surface area contributed by atoms with E-state index in [9.17, 15) is 18.0 Å². The van der Waals surface area contributed by atoms with Crippen molar-refractivity contribution in [1.29, 1.82) is 0 Å². The predicted molar refractivity (Wildman–Crippen MR) is 157 cm³/mol. The van der Waals surface area contributed by atoms with Crippen LogP contribution >= 0.6 is 15.9 Å². The third kappa shape index (κ3) is 7.08. The molecule has 0 unspecified atom stereocenters. The summed E-state index contributed by atoms with van der Waals surface area (Å²) >= 11 is 3.41. The van der Waals surface area contributed by atoms with E-state index in [-0.39, 0.29) is 23.4 Å². The van der Waals surface area contributed by atoms with E-state index < -0.39 is 28.5 Å². The summed E-state index contributed by atoms with van der Waals surface area (Å²) in [6, 6.07) is 21.9. The number of aryl methyl sites for hydroxylation is 1. The number of nitrogens with one attached hydrogen (secondary N) is 1. The summed E-state index contributed by atoms with van der Waals surface area (Å²) in [7, 11) is -4.08. The molecule has 0 radical (unpaired) electrons. The zero-order valence-corrected chi connectivity index (χ0v) is 24.6. The summed E-state index contributed by atoms with van der Waals surface area (Å²) in [5.41, 5.74) is 2.23. The molecule has 0 aromatic heterocycles. The summed E-state index contributed by atoms with van der Waals surface area (Å²) in [4.78, 5) is 28.9. The van der Waals surface area contributed by atoms with Crippen LogP contribution < -0.4 is 9.62 Å². The fourth-order valence-electron chi connectivity index (χ4n) is 4.83. The van der Waals surface area contributed by atoms with E-state index in [4.69, 9.17) is 0 Å². The Morgan fingerprint density at radius 2 is 1.64 bits per heavy atom. The third-order valence-corrected chi connectivity index (χ3v) is 9.46. The Kier molecular flexibility index (Phi) is 9.45. The lowest BCUT2D eigenvalue weighted by molar-refractivity contribution is -0.139. The minimum absolute atomic E-state index is 0.0789. The first-order chi connectivity index (χ1) is 18.7. The number of hydrogen-bond acceptors (Lipinski definition) is 4. The molecule has 0 bridgehead atoms. The normalized spacial score (nSPS) is 14.5. The van der Waals surface area contributed by atoms with E-state index in [0.29, 0.717) is 10.2 Å². The van der Waals surface area contributed by atoms with Crippen LogP contribution in [0.1, 0.15) is 43.7 Å². The van der Waals surface area contributed by atoms with Crippen LogP contribution in [0.15, 0.2) is 88.2 Å². The molecule has 39 heavy (non-hydrogen) atoms. The van der Waals surface area contributed by atoms with Crippen LogP contribution in [-0.2, 0) is 26.2 Å². The number of sulfonamides is 1. The lowest BCUT2D eigenvalue weighted by Gasteiger charge is -2.33. The average molecular weight is 613 g/mol. The summed E-state index contributed by atoms with van der Waals surface area (Å²) in [5, 5.41) is 3.09. The Bertz CT molecular complexity index is 1410. The summed E-state index contributed by atoms with van der Waals surface area (Å²) < 4.78 is 29.4. The highest BCUT2D eigenvalue weighted by molar-refractivity contribution is 9.10. The summed E-state index contributed by atoms with van der Waals surface area (Å²) in [5.74, 6) is -0.699. The maximum atomic E-state index is 14.0. The predicted octanol–water partition coefficient (Wildman–Crippen LogP) is 5.43. The van der Waals surface area contributed by atoms with E-state index in [1.165, 1.54) is 17.0 Å². The molecule has 3 aromatic carbocycles. The van der Waals surface area contributed by atoms with Crippen molar-refractivity contribution in [1.82, 2.24) is 10.2 Å². The molecule has 1 fully saturated rings. The van der Waals surface area contributed by atoms with E-state index in [1.54, 1.807) is 49.4 Å². The highest BCUT2D eigenvalue weighted by Gasteiger charge is 2.33. The van der Waals surface area contributed by atoms with Crippen LogP contribution in [0.5, 0.6) is 0 Å². The van der Waals surface area contributed by atoms with Gasteiger partial charge in [-0.15, -0.1) is 0 Å². The Labute approximate surface area is 239 Å². The van der Waals surface area contributed by atoms with Gasteiger partial charge in [0.05, 0.1) is 10.6 Å². The molecule has 9 heteroatoms. The second kappa shape index (κ2) is 12.8. The lowest BCUT2D eigenvalue weighted by Crippen LogP contribution is -2.52. The van der Waals surface area contributed by atoms with Gasteiger partial charge in [-0.1, -0.05) is 77.3 Å². The van der Waals surface area contributed by atoms with Gasteiger partial charge in [0.15, 0.2) is 0 Å². The van der Waals surface area contributed by atoms with Gasteiger partial charge >= 0.3 is 0 Å². The van der Waals surface area contributed by atoms with E-state index in [0.717, 1.165) is 41.1 Å². The van der Waals surface area contributed by atoms with Gasteiger partial charge in [0.2, 0.25) is 11.8 Å². The van der Waals surface area contributed by atoms with Crippen LogP contribution in [-0.4, -0.2) is 43.8 Å². The zero-order chi connectivity index (χ0) is 28.0. The van der Waals surface area contributed by atoms with Crippen molar-refractivity contribution in [3.05, 3.63) is 94.5 Å². The van der Waals surface area contributed by atoms with Gasteiger partial charge in [-0.3, -0.25) is 13.9 Å². The van der Waals surface area contributed by atoms with Crippen molar-refractivity contribution in [2.75, 3.05) is 10.8 Å².